The van der Waals surface area contributed by atoms with Gasteiger partial charge in [0.1, 0.15) is 12.2 Å². The molecular formula is C18H19ClO5S. The van der Waals surface area contributed by atoms with Gasteiger partial charge < -0.3 is 18.9 Å². The summed E-state index contributed by atoms with van der Waals surface area (Å²) in [5.41, 5.74) is 0.289. The van der Waals surface area contributed by atoms with E-state index in [1.165, 1.54) is 21.3 Å². The van der Waals surface area contributed by atoms with Crippen LogP contribution in [0.4, 0.5) is 0 Å². The van der Waals surface area contributed by atoms with Gasteiger partial charge in [-0.1, -0.05) is 11.6 Å². The summed E-state index contributed by atoms with van der Waals surface area (Å²) in [4.78, 5) is 13.4. The number of halogens is 1. The lowest BCUT2D eigenvalue weighted by atomic mass is 10.1. The Balaban J connectivity index is 1.97. The molecule has 0 saturated carbocycles. The normalized spacial score (nSPS) is 10.2. The number of carbonyl (C=O) groups is 1. The molecule has 0 aliphatic heterocycles. The molecule has 7 heteroatoms. The Morgan fingerprint density at radius 1 is 0.960 bits per heavy atom. The predicted octanol–water partition coefficient (Wildman–Crippen LogP) is 4.31. The second-order valence-electron chi connectivity index (χ2n) is 4.82. The van der Waals surface area contributed by atoms with E-state index in [0.717, 1.165) is 4.90 Å². The summed E-state index contributed by atoms with van der Waals surface area (Å²) in [5, 5.41) is 0.691. The van der Waals surface area contributed by atoms with E-state index >= 15 is 0 Å². The lowest BCUT2D eigenvalue weighted by Gasteiger charge is -2.15. The quantitative estimate of drug-likeness (QED) is 0.385. The minimum absolute atomic E-state index is 0.267. The minimum atomic E-state index is -0.477. The Kier molecular flexibility index (Phi) is 7.28. The number of carbonyl (C=O) groups excluding carboxylic acids is 1. The van der Waals surface area contributed by atoms with Crippen LogP contribution >= 0.6 is 23.4 Å². The number of esters is 1. The van der Waals surface area contributed by atoms with E-state index in [2.05, 4.69) is 0 Å². The van der Waals surface area contributed by atoms with Crippen molar-refractivity contribution >= 4 is 29.3 Å². The Labute approximate surface area is 156 Å². The van der Waals surface area contributed by atoms with Gasteiger partial charge in [0.25, 0.3) is 0 Å². The third kappa shape index (κ3) is 4.96. The topological polar surface area (TPSA) is 54.0 Å². The van der Waals surface area contributed by atoms with E-state index in [4.69, 9.17) is 30.5 Å². The maximum absolute atomic E-state index is 12.3. The van der Waals surface area contributed by atoms with Gasteiger partial charge >= 0.3 is 5.97 Å². The summed E-state index contributed by atoms with van der Waals surface area (Å²) >= 11 is 7.43. The number of hydrogen-bond acceptors (Lipinski definition) is 6. The number of methoxy groups -OCH3 is 3. The van der Waals surface area contributed by atoms with E-state index in [1.54, 1.807) is 23.9 Å². The van der Waals surface area contributed by atoms with Crippen LogP contribution in [0, 0.1) is 0 Å². The van der Waals surface area contributed by atoms with Crippen molar-refractivity contribution in [3.05, 3.63) is 47.0 Å². The van der Waals surface area contributed by atoms with Gasteiger partial charge in [-0.15, -0.1) is 11.8 Å². The summed E-state index contributed by atoms with van der Waals surface area (Å²) < 4.78 is 21.1. The van der Waals surface area contributed by atoms with Gasteiger partial charge in [0, 0.05) is 15.7 Å². The second-order valence-corrected chi connectivity index (χ2v) is 6.42. The van der Waals surface area contributed by atoms with Gasteiger partial charge in [-0.2, -0.15) is 0 Å². The molecule has 134 valence electrons. The van der Waals surface area contributed by atoms with Gasteiger partial charge in [-0.3, -0.25) is 0 Å². The molecule has 2 rings (SSSR count). The first-order chi connectivity index (χ1) is 12.1. The zero-order chi connectivity index (χ0) is 18.2. The van der Waals surface area contributed by atoms with Gasteiger partial charge in [0.15, 0.2) is 11.5 Å². The number of benzene rings is 2. The van der Waals surface area contributed by atoms with E-state index in [9.17, 15) is 4.79 Å². The molecule has 0 radical (unpaired) electrons. The molecule has 0 fully saturated rings. The fourth-order valence-corrected chi connectivity index (χ4v) is 3.02. The van der Waals surface area contributed by atoms with Crippen molar-refractivity contribution in [1.29, 1.82) is 0 Å². The first-order valence-electron chi connectivity index (χ1n) is 7.45. The molecule has 0 aliphatic carbocycles. The fourth-order valence-electron chi connectivity index (χ4n) is 2.16. The average molecular weight is 383 g/mol. The molecule has 0 atom stereocenters. The predicted molar refractivity (Wildman–Crippen MR) is 98.6 cm³/mol. The number of ether oxygens (including phenoxy) is 4. The van der Waals surface area contributed by atoms with Gasteiger partial charge in [-0.05, 0) is 36.4 Å². The van der Waals surface area contributed by atoms with Crippen molar-refractivity contribution in [3.8, 4) is 17.2 Å². The van der Waals surface area contributed by atoms with Crippen LogP contribution in [0.5, 0.6) is 17.2 Å². The van der Waals surface area contributed by atoms with Gasteiger partial charge in [0.2, 0.25) is 5.75 Å². The van der Waals surface area contributed by atoms with Crippen molar-refractivity contribution < 1.29 is 23.7 Å². The van der Waals surface area contributed by atoms with Crippen LogP contribution in [0.2, 0.25) is 5.02 Å². The maximum Gasteiger partial charge on any atom is 0.342 e. The number of thioether (sulfide) groups is 1. The maximum atomic E-state index is 12.3. The molecule has 25 heavy (non-hydrogen) atoms. The van der Waals surface area contributed by atoms with Crippen molar-refractivity contribution in [2.75, 3.05) is 33.7 Å². The minimum Gasteiger partial charge on any atom is -0.493 e. The molecule has 0 heterocycles. The van der Waals surface area contributed by atoms with Crippen molar-refractivity contribution in [2.24, 2.45) is 0 Å². The van der Waals surface area contributed by atoms with Gasteiger partial charge in [0.05, 0.1) is 21.3 Å². The monoisotopic (exact) mass is 382 g/mol. The molecule has 0 aliphatic rings. The zero-order valence-electron chi connectivity index (χ0n) is 14.2. The highest BCUT2D eigenvalue weighted by Gasteiger charge is 2.21. The molecule has 0 saturated heterocycles. The van der Waals surface area contributed by atoms with Crippen LogP contribution in [0.1, 0.15) is 10.4 Å². The van der Waals surface area contributed by atoms with Gasteiger partial charge in [-0.25, -0.2) is 4.79 Å². The highest BCUT2D eigenvalue weighted by molar-refractivity contribution is 7.99. The Hall–Kier alpha value is -2.05. The molecule has 0 amide bonds. The molecule has 0 unspecified atom stereocenters. The largest absolute Gasteiger partial charge is 0.493 e. The zero-order valence-corrected chi connectivity index (χ0v) is 15.8. The van der Waals surface area contributed by atoms with Crippen molar-refractivity contribution in [1.82, 2.24) is 0 Å². The average Bonchev–Trinajstić information content (AvgIpc) is 2.64. The molecule has 0 N–H and O–H groups in total. The fraction of sp³-hybridized carbons (Fsp3) is 0.278. The Morgan fingerprint density at radius 2 is 1.64 bits per heavy atom. The highest BCUT2D eigenvalue weighted by Crippen LogP contribution is 2.39. The molecular weight excluding hydrogens is 364 g/mol. The van der Waals surface area contributed by atoms with E-state index in [1.807, 2.05) is 24.3 Å². The molecule has 2 aromatic rings. The molecule has 0 spiro atoms. The third-order valence-corrected chi connectivity index (χ3v) is 4.55. The summed E-state index contributed by atoms with van der Waals surface area (Å²) in [6.45, 7) is 0.267. The molecule has 5 nitrogen and oxygen atoms in total. The van der Waals surface area contributed by atoms with Crippen LogP contribution in [0.3, 0.4) is 0 Å². The van der Waals surface area contributed by atoms with E-state index in [-0.39, 0.29) is 17.9 Å². The van der Waals surface area contributed by atoms with Crippen LogP contribution in [-0.2, 0) is 4.74 Å². The molecule has 0 bridgehead atoms. The second kappa shape index (κ2) is 9.44. The number of rotatable bonds is 8. The first kappa shape index (κ1) is 19.3. The van der Waals surface area contributed by atoms with Crippen LogP contribution < -0.4 is 14.2 Å². The first-order valence-corrected chi connectivity index (χ1v) is 8.81. The van der Waals surface area contributed by atoms with Crippen LogP contribution in [0.25, 0.3) is 0 Å². The highest BCUT2D eigenvalue weighted by atomic mass is 35.5. The smallest absolute Gasteiger partial charge is 0.342 e. The van der Waals surface area contributed by atoms with E-state index in [0.29, 0.717) is 22.3 Å². The summed E-state index contributed by atoms with van der Waals surface area (Å²) in [6.07, 6.45) is 0. The van der Waals surface area contributed by atoms with Crippen LogP contribution in [0.15, 0.2) is 41.3 Å². The molecule has 2 aromatic carbocycles. The van der Waals surface area contributed by atoms with Crippen molar-refractivity contribution in [2.45, 2.75) is 4.90 Å². The Morgan fingerprint density at radius 3 is 2.24 bits per heavy atom. The third-order valence-electron chi connectivity index (χ3n) is 3.32. The van der Waals surface area contributed by atoms with E-state index < -0.39 is 5.97 Å². The SMILES string of the molecule is COc1ccc(C(=O)OCCSc2ccc(Cl)cc2)c(OC)c1OC. The lowest BCUT2D eigenvalue weighted by Crippen LogP contribution is -2.10. The number of hydrogen-bond donors (Lipinski definition) is 0. The van der Waals surface area contributed by atoms with Crippen LogP contribution in [-0.4, -0.2) is 39.7 Å². The summed E-state index contributed by atoms with van der Waals surface area (Å²) in [5.74, 6) is 1.28. The summed E-state index contributed by atoms with van der Waals surface area (Å²) in [6, 6.07) is 10.7. The van der Waals surface area contributed by atoms with Crippen molar-refractivity contribution in [3.63, 3.8) is 0 Å². The Bertz CT molecular complexity index is 718. The summed E-state index contributed by atoms with van der Waals surface area (Å²) in [7, 11) is 4.46. The lowest BCUT2D eigenvalue weighted by molar-refractivity contribution is 0.0526. The molecule has 0 aromatic heterocycles. The standard InChI is InChI=1S/C18H19ClO5S/c1-21-15-9-8-14(16(22-2)17(15)23-3)18(20)24-10-11-25-13-6-4-12(19)5-7-13/h4-9H,10-11H2,1-3H3.